The Morgan fingerprint density at radius 2 is 1.73 bits per heavy atom. The van der Waals surface area contributed by atoms with Gasteiger partial charge in [0.05, 0.1) is 18.9 Å². The minimum atomic E-state index is 0.0504. The van der Waals surface area contributed by atoms with Gasteiger partial charge in [-0.1, -0.05) is 30.3 Å². The van der Waals surface area contributed by atoms with E-state index in [1.165, 1.54) is 25.9 Å². The number of carbonyl (C=O) groups is 1. The number of benzene rings is 1. The topological polar surface area (TPSA) is 53.8 Å². The summed E-state index contributed by atoms with van der Waals surface area (Å²) in [4.78, 5) is 25.2. The highest BCUT2D eigenvalue weighted by Gasteiger charge is 2.32. The van der Waals surface area contributed by atoms with Crippen LogP contribution in [0.15, 0.2) is 30.3 Å². The SMILES string of the molecule is CN1CCC(N2CCN(C(=O)c3nc(-c4ccccc4)n4c3COCC4)CC2)CC1. The molecule has 0 atom stereocenters. The number of aromatic nitrogens is 2. The van der Waals surface area contributed by atoms with Crippen molar-refractivity contribution < 1.29 is 9.53 Å². The highest BCUT2D eigenvalue weighted by atomic mass is 16.5. The van der Waals surface area contributed by atoms with Gasteiger partial charge in [0.1, 0.15) is 5.82 Å². The summed E-state index contributed by atoms with van der Waals surface area (Å²) in [5, 5.41) is 0. The summed E-state index contributed by atoms with van der Waals surface area (Å²) in [6.45, 7) is 7.67. The first-order valence-electron chi connectivity index (χ1n) is 11.1. The number of carbonyl (C=O) groups excluding carboxylic acids is 1. The first-order chi connectivity index (χ1) is 14.7. The number of hydrogen-bond donors (Lipinski definition) is 0. The van der Waals surface area contributed by atoms with Crippen molar-refractivity contribution in [2.75, 3.05) is 52.9 Å². The third-order valence-corrected chi connectivity index (χ3v) is 6.81. The Morgan fingerprint density at radius 3 is 2.47 bits per heavy atom. The van der Waals surface area contributed by atoms with Crippen molar-refractivity contribution in [2.24, 2.45) is 0 Å². The van der Waals surface area contributed by atoms with Crippen LogP contribution in [0.2, 0.25) is 0 Å². The number of hydrogen-bond acceptors (Lipinski definition) is 5. The molecule has 0 saturated carbocycles. The molecule has 5 rings (SSSR count). The lowest BCUT2D eigenvalue weighted by molar-refractivity contribution is 0.0459. The predicted octanol–water partition coefficient (Wildman–Crippen LogP) is 1.93. The van der Waals surface area contributed by atoms with E-state index in [0.717, 1.165) is 49.8 Å². The number of fused-ring (bicyclic) bond motifs is 1. The lowest BCUT2D eigenvalue weighted by Crippen LogP contribution is -2.54. The van der Waals surface area contributed by atoms with E-state index in [1.807, 2.05) is 23.1 Å². The van der Waals surface area contributed by atoms with Crippen molar-refractivity contribution in [3.05, 3.63) is 41.7 Å². The van der Waals surface area contributed by atoms with Crippen LogP contribution in [0.5, 0.6) is 0 Å². The second-order valence-corrected chi connectivity index (χ2v) is 8.66. The van der Waals surface area contributed by atoms with Gasteiger partial charge in [-0.2, -0.15) is 0 Å². The molecule has 2 saturated heterocycles. The van der Waals surface area contributed by atoms with Crippen molar-refractivity contribution >= 4 is 5.91 Å². The van der Waals surface area contributed by atoms with Gasteiger partial charge in [-0.25, -0.2) is 4.98 Å². The minimum absolute atomic E-state index is 0.0504. The van der Waals surface area contributed by atoms with Gasteiger partial charge in [-0.15, -0.1) is 0 Å². The number of rotatable bonds is 3. The Bertz CT molecular complexity index is 880. The Labute approximate surface area is 178 Å². The maximum atomic E-state index is 13.4. The van der Waals surface area contributed by atoms with Gasteiger partial charge in [-0.3, -0.25) is 9.69 Å². The van der Waals surface area contributed by atoms with Gasteiger partial charge in [0.25, 0.3) is 5.91 Å². The normalized spacial score (nSPS) is 21.6. The van der Waals surface area contributed by atoms with Gasteiger partial charge < -0.3 is 19.1 Å². The fourth-order valence-corrected chi connectivity index (χ4v) is 4.98. The number of piperazine rings is 1. The molecule has 3 aliphatic heterocycles. The lowest BCUT2D eigenvalue weighted by atomic mass is 10.0. The van der Waals surface area contributed by atoms with E-state index in [-0.39, 0.29) is 5.91 Å². The van der Waals surface area contributed by atoms with Gasteiger partial charge in [0, 0.05) is 44.3 Å². The summed E-state index contributed by atoms with van der Waals surface area (Å²) in [5.74, 6) is 0.927. The van der Waals surface area contributed by atoms with Crippen LogP contribution in [0.3, 0.4) is 0 Å². The average Bonchev–Trinajstić information content (AvgIpc) is 3.20. The van der Waals surface area contributed by atoms with Crippen molar-refractivity contribution in [3.8, 4) is 11.4 Å². The molecule has 30 heavy (non-hydrogen) atoms. The molecule has 7 heteroatoms. The van der Waals surface area contributed by atoms with Crippen molar-refractivity contribution in [2.45, 2.75) is 32.0 Å². The Balaban J connectivity index is 1.32. The van der Waals surface area contributed by atoms with E-state index in [2.05, 4.69) is 33.5 Å². The molecule has 3 aliphatic rings. The van der Waals surface area contributed by atoms with E-state index < -0.39 is 0 Å². The van der Waals surface area contributed by atoms with E-state index in [9.17, 15) is 4.79 Å². The first-order valence-corrected chi connectivity index (χ1v) is 11.1. The molecule has 7 nitrogen and oxygen atoms in total. The van der Waals surface area contributed by atoms with Crippen molar-refractivity contribution in [3.63, 3.8) is 0 Å². The van der Waals surface area contributed by atoms with Crippen LogP contribution in [0, 0.1) is 0 Å². The zero-order valence-electron chi connectivity index (χ0n) is 17.8. The van der Waals surface area contributed by atoms with E-state index in [1.54, 1.807) is 0 Å². The number of imidazole rings is 1. The van der Waals surface area contributed by atoms with Gasteiger partial charge in [-0.05, 0) is 33.0 Å². The maximum absolute atomic E-state index is 13.4. The third-order valence-electron chi connectivity index (χ3n) is 6.81. The second-order valence-electron chi connectivity index (χ2n) is 8.66. The molecule has 0 unspecified atom stereocenters. The van der Waals surface area contributed by atoms with Gasteiger partial charge >= 0.3 is 0 Å². The van der Waals surface area contributed by atoms with Crippen LogP contribution in [-0.4, -0.2) is 89.1 Å². The van der Waals surface area contributed by atoms with Gasteiger partial charge in [0.15, 0.2) is 5.69 Å². The fraction of sp³-hybridized carbons (Fsp3) is 0.565. The zero-order valence-corrected chi connectivity index (χ0v) is 17.8. The maximum Gasteiger partial charge on any atom is 0.274 e. The standard InChI is InChI=1S/C23H31N5O2/c1-25-9-7-19(8-10-25)26-11-13-27(14-12-26)23(29)21-20-17-30-16-15-28(20)22(24-21)18-5-3-2-4-6-18/h2-6,19H,7-17H2,1H3. The smallest absolute Gasteiger partial charge is 0.274 e. The number of ether oxygens (including phenoxy) is 1. The van der Waals surface area contributed by atoms with Crippen LogP contribution >= 0.6 is 0 Å². The molecule has 1 aromatic carbocycles. The Kier molecular flexibility index (Phi) is 5.58. The predicted molar refractivity (Wildman–Crippen MR) is 115 cm³/mol. The van der Waals surface area contributed by atoms with Crippen molar-refractivity contribution in [1.29, 1.82) is 0 Å². The number of likely N-dealkylation sites (tertiary alicyclic amines) is 1. The Morgan fingerprint density at radius 1 is 1.00 bits per heavy atom. The molecule has 1 aromatic heterocycles. The monoisotopic (exact) mass is 409 g/mol. The average molecular weight is 410 g/mol. The number of piperidine rings is 1. The quantitative estimate of drug-likeness (QED) is 0.776. The first kappa shape index (κ1) is 19.7. The highest BCUT2D eigenvalue weighted by molar-refractivity contribution is 5.94. The summed E-state index contributed by atoms with van der Waals surface area (Å²) in [7, 11) is 2.20. The number of nitrogens with zero attached hydrogens (tertiary/aromatic N) is 5. The van der Waals surface area contributed by atoms with Crippen LogP contribution < -0.4 is 0 Å². The molecule has 0 N–H and O–H groups in total. The fourth-order valence-electron chi connectivity index (χ4n) is 4.98. The van der Waals surface area contributed by atoms with E-state index >= 15 is 0 Å². The molecule has 0 spiro atoms. The van der Waals surface area contributed by atoms with E-state index in [4.69, 9.17) is 9.72 Å². The molecule has 1 amide bonds. The molecule has 0 aliphatic carbocycles. The van der Waals surface area contributed by atoms with E-state index in [0.29, 0.717) is 24.9 Å². The Hall–Kier alpha value is -2.22. The molecule has 4 heterocycles. The molecule has 160 valence electrons. The summed E-state index contributed by atoms with van der Waals surface area (Å²) in [6, 6.07) is 10.8. The molecule has 0 radical (unpaired) electrons. The van der Waals surface area contributed by atoms with Gasteiger partial charge in [0.2, 0.25) is 0 Å². The lowest BCUT2D eigenvalue weighted by Gasteiger charge is -2.42. The van der Waals surface area contributed by atoms with Crippen LogP contribution in [-0.2, 0) is 17.9 Å². The summed E-state index contributed by atoms with van der Waals surface area (Å²) in [6.07, 6.45) is 2.47. The molecule has 2 aromatic rings. The van der Waals surface area contributed by atoms with Crippen molar-refractivity contribution in [1.82, 2.24) is 24.3 Å². The molecule has 0 bridgehead atoms. The summed E-state index contributed by atoms with van der Waals surface area (Å²) in [5.41, 5.74) is 2.54. The molecule has 2 fully saturated rings. The van der Waals surface area contributed by atoms with Crippen LogP contribution in [0.1, 0.15) is 29.0 Å². The van der Waals surface area contributed by atoms with Crippen LogP contribution in [0.4, 0.5) is 0 Å². The second kappa shape index (κ2) is 8.49. The molecular formula is C23H31N5O2. The third kappa shape index (κ3) is 3.77. The summed E-state index contributed by atoms with van der Waals surface area (Å²) < 4.78 is 7.85. The molecular weight excluding hydrogens is 378 g/mol. The number of amides is 1. The zero-order chi connectivity index (χ0) is 20.5. The van der Waals surface area contributed by atoms with Crippen LogP contribution in [0.25, 0.3) is 11.4 Å². The minimum Gasteiger partial charge on any atom is -0.373 e. The largest absolute Gasteiger partial charge is 0.373 e. The highest BCUT2D eigenvalue weighted by Crippen LogP contribution is 2.27. The summed E-state index contributed by atoms with van der Waals surface area (Å²) >= 11 is 0.